The maximum atomic E-state index is 8.96. The largest absolute Gasteiger partial charge is 0.504 e. The zero-order valence-corrected chi connectivity index (χ0v) is 5.27. The third-order valence-electron chi connectivity index (χ3n) is 1.40. The van der Waals surface area contributed by atoms with E-state index in [1.54, 1.807) is 0 Å². The van der Waals surface area contributed by atoms with Crippen LogP contribution < -0.4 is 0 Å². The summed E-state index contributed by atoms with van der Waals surface area (Å²) in [5.41, 5.74) is 0. The zero-order chi connectivity index (χ0) is 7.99. The van der Waals surface area contributed by atoms with Crippen LogP contribution in [0.4, 0.5) is 0 Å². The minimum atomic E-state index is -2.70. The molecule has 0 saturated carbocycles. The summed E-state index contributed by atoms with van der Waals surface area (Å²) in [5, 5.41) is 35.3. The first kappa shape index (κ1) is 7.33. The number of aliphatic hydroxyl groups is 4. The second-order valence-corrected chi connectivity index (χ2v) is 2.28. The highest BCUT2D eigenvalue weighted by Crippen LogP contribution is 2.32. The van der Waals surface area contributed by atoms with Gasteiger partial charge in [-0.05, 0) is 0 Å². The van der Waals surface area contributed by atoms with Gasteiger partial charge >= 0.3 is 0 Å². The SMILES string of the molecule is CC1(O)OC=C(O)C1(O)O. The van der Waals surface area contributed by atoms with E-state index in [2.05, 4.69) is 4.74 Å². The van der Waals surface area contributed by atoms with Gasteiger partial charge in [-0.25, -0.2) is 0 Å². The van der Waals surface area contributed by atoms with Crippen LogP contribution in [0.15, 0.2) is 12.0 Å². The molecule has 0 amide bonds. The van der Waals surface area contributed by atoms with Crippen LogP contribution in [0, 0.1) is 0 Å². The van der Waals surface area contributed by atoms with Crippen molar-refractivity contribution in [3.05, 3.63) is 12.0 Å². The van der Waals surface area contributed by atoms with E-state index < -0.39 is 17.3 Å². The summed E-state index contributed by atoms with van der Waals surface area (Å²) in [4.78, 5) is 0. The molecule has 10 heavy (non-hydrogen) atoms. The molecule has 4 N–H and O–H groups in total. The number of rotatable bonds is 0. The van der Waals surface area contributed by atoms with Crippen molar-refractivity contribution in [2.45, 2.75) is 18.5 Å². The molecule has 0 fully saturated rings. The lowest BCUT2D eigenvalue weighted by molar-refractivity contribution is -0.319. The van der Waals surface area contributed by atoms with Gasteiger partial charge in [-0.2, -0.15) is 0 Å². The predicted octanol–water partition coefficient (Wildman–Crippen LogP) is -1.19. The van der Waals surface area contributed by atoms with Gasteiger partial charge in [-0.1, -0.05) is 0 Å². The van der Waals surface area contributed by atoms with E-state index in [-0.39, 0.29) is 0 Å². The Kier molecular flexibility index (Phi) is 1.19. The fraction of sp³-hybridized carbons (Fsp3) is 0.600. The zero-order valence-electron chi connectivity index (χ0n) is 5.27. The highest BCUT2D eigenvalue weighted by molar-refractivity contribution is 5.11. The molecule has 1 aliphatic rings. The summed E-state index contributed by atoms with van der Waals surface area (Å²) >= 11 is 0. The monoisotopic (exact) mass is 148 g/mol. The van der Waals surface area contributed by atoms with Crippen LogP contribution in [0.25, 0.3) is 0 Å². The number of ether oxygens (including phenoxy) is 1. The molecule has 1 aliphatic heterocycles. The summed E-state index contributed by atoms with van der Waals surface area (Å²) in [5.74, 6) is -5.68. The Labute approximate surface area is 56.8 Å². The molecule has 0 saturated heterocycles. The fourth-order valence-corrected chi connectivity index (χ4v) is 0.573. The number of hydrogen-bond donors (Lipinski definition) is 4. The maximum Gasteiger partial charge on any atom is 0.293 e. The van der Waals surface area contributed by atoms with Crippen molar-refractivity contribution < 1.29 is 25.2 Å². The molecule has 58 valence electrons. The highest BCUT2D eigenvalue weighted by Gasteiger charge is 2.54. The smallest absolute Gasteiger partial charge is 0.293 e. The van der Waals surface area contributed by atoms with Gasteiger partial charge in [0.05, 0.1) is 0 Å². The van der Waals surface area contributed by atoms with Crippen LogP contribution >= 0.6 is 0 Å². The molecular weight excluding hydrogens is 140 g/mol. The second kappa shape index (κ2) is 1.63. The van der Waals surface area contributed by atoms with Gasteiger partial charge in [0, 0.05) is 6.92 Å². The Balaban J connectivity index is 2.96. The summed E-state index contributed by atoms with van der Waals surface area (Å²) < 4.78 is 4.31. The molecule has 1 rings (SSSR count). The molecule has 0 bridgehead atoms. The van der Waals surface area contributed by atoms with Crippen LogP contribution in [0.5, 0.6) is 0 Å². The van der Waals surface area contributed by atoms with E-state index in [0.717, 1.165) is 6.92 Å². The summed E-state index contributed by atoms with van der Waals surface area (Å²) in [6.07, 6.45) is 0.681. The third-order valence-corrected chi connectivity index (χ3v) is 1.40. The van der Waals surface area contributed by atoms with Crippen molar-refractivity contribution >= 4 is 0 Å². The van der Waals surface area contributed by atoms with Crippen molar-refractivity contribution in [3.8, 4) is 0 Å². The first-order chi connectivity index (χ1) is 4.38. The van der Waals surface area contributed by atoms with E-state index >= 15 is 0 Å². The molecule has 0 aliphatic carbocycles. The van der Waals surface area contributed by atoms with Crippen molar-refractivity contribution in [1.29, 1.82) is 0 Å². The summed E-state index contributed by atoms with van der Waals surface area (Å²) in [6, 6.07) is 0. The Morgan fingerprint density at radius 2 is 1.90 bits per heavy atom. The van der Waals surface area contributed by atoms with Gasteiger partial charge in [0.15, 0.2) is 5.76 Å². The molecule has 1 heterocycles. The molecule has 1 atom stereocenters. The minimum absolute atomic E-state index is 0.681. The number of hydrogen-bond acceptors (Lipinski definition) is 5. The molecule has 0 aromatic carbocycles. The molecule has 5 nitrogen and oxygen atoms in total. The Bertz CT molecular complexity index is 180. The van der Waals surface area contributed by atoms with Gasteiger partial charge in [-0.15, -0.1) is 0 Å². The molecule has 0 aromatic rings. The fourth-order valence-electron chi connectivity index (χ4n) is 0.573. The van der Waals surface area contributed by atoms with E-state index in [0.29, 0.717) is 6.26 Å². The normalized spacial score (nSPS) is 37.0. The Morgan fingerprint density at radius 3 is 2.00 bits per heavy atom. The standard InChI is InChI=1S/C5H8O5/c1-4(7)5(8,9)3(6)2-10-4/h2,6-9H,1H3. The molecule has 1 unspecified atom stereocenters. The lowest BCUT2D eigenvalue weighted by Gasteiger charge is -2.27. The van der Waals surface area contributed by atoms with Crippen LogP contribution in [0.3, 0.4) is 0 Å². The van der Waals surface area contributed by atoms with Gasteiger partial charge in [-0.3, -0.25) is 0 Å². The average molecular weight is 148 g/mol. The predicted molar refractivity (Wildman–Crippen MR) is 29.6 cm³/mol. The van der Waals surface area contributed by atoms with Crippen LogP contribution in [-0.2, 0) is 4.74 Å². The van der Waals surface area contributed by atoms with Crippen LogP contribution in [0.2, 0.25) is 0 Å². The first-order valence-corrected chi connectivity index (χ1v) is 2.62. The van der Waals surface area contributed by atoms with Crippen LogP contribution in [-0.4, -0.2) is 32.0 Å². The lowest BCUT2D eigenvalue weighted by Crippen LogP contribution is -2.50. The van der Waals surface area contributed by atoms with Crippen molar-refractivity contribution in [3.63, 3.8) is 0 Å². The van der Waals surface area contributed by atoms with E-state index in [4.69, 9.17) is 20.4 Å². The van der Waals surface area contributed by atoms with E-state index in [9.17, 15) is 0 Å². The quantitative estimate of drug-likeness (QED) is 0.324. The Hall–Kier alpha value is -0.780. The maximum absolute atomic E-state index is 8.96. The molecular formula is C5H8O5. The average Bonchev–Trinajstić information content (AvgIpc) is 1.94. The molecule has 0 radical (unpaired) electrons. The van der Waals surface area contributed by atoms with Crippen LogP contribution in [0.1, 0.15) is 6.92 Å². The molecule has 0 spiro atoms. The Morgan fingerprint density at radius 1 is 1.40 bits per heavy atom. The van der Waals surface area contributed by atoms with Crippen molar-refractivity contribution in [2.75, 3.05) is 0 Å². The van der Waals surface area contributed by atoms with Crippen molar-refractivity contribution in [2.24, 2.45) is 0 Å². The first-order valence-electron chi connectivity index (χ1n) is 2.62. The van der Waals surface area contributed by atoms with Gasteiger partial charge in [0.25, 0.3) is 11.6 Å². The van der Waals surface area contributed by atoms with E-state index in [1.807, 2.05) is 0 Å². The van der Waals surface area contributed by atoms with Crippen molar-refractivity contribution in [1.82, 2.24) is 0 Å². The second-order valence-electron chi connectivity index (χ2n) is 2.28. The highest BCUT2D eigenvalue weighted by atomic mass is 16.7. The molecule has 0 aromatic heterocycles. The summed E-state index contributed by atoms with van der Waals surface area (Å²) in [6.45, 7) is 1.02. The summed E-state index contributed by atoms with van der Waals surface area (Å²) in [7, 11) is 0. The van der Waals surface area contributed by atoms with Gasteiger partial charge in [0.1, 0.15) is 6.26 Å². The third kappa shape index (κ3) is 0.683. The van der Waals surface area contributed by atoms with Gasteiger partial charge in [0.2, 0.25) is 0 Å². The lowest BCUT2D eigenvalue weighted by atomic mass is 10.1. The van der Waals surface area contributed by atoms with E-state index in [1.165, 1.54) is 0 Å². The minimum Gasteiger partial charge on any atom is -0.504 e. The topological polar surface area (TPSA) is 90.2 Å². The van der Waals surface area contributed by atoms with Gasteiger partial charge < -0.3 is 25.2 Å². The number of aliphatic hydroxyl groups excluding tert-OH is 1. The molecule has 5 heteroatoms.